The van der Waals surface area contributed by atoms with Crippen LogP contribution in [0.25, 0.3) is 11.4 Å². The van der Waals surface area contributed by atoms with Gasteiger partial charge in [-0.3, -0.25) is 9.36 Å². The maximum atomic E-state index is 12.9. The van der Waals surface area contributed by atoms with Crippen molar-refractivity contribution in [2.45, 2.75) is 38.4 Å². The van der Waals surface area contributed by atoms with Gasteiger partial charge in [0, 0.05) is 5.69 Å². The van der Waals surface area contributed by atoms with Crippen molar-refractivity contribution in [1.29, 1.82) is 0 Å². The quantitative estimate of drug-likeness (QED) is 0.312. The molecule has 0 radical (unpaired) electrons. The Morgan fingerprint density at radius 2 is 1.59 bits per heavy atom. The number of nitrogens with zero attached hydrogens (tertiary/aromatic N) is 3. The second kappa shape index (κ2) is 11.0. The number of hydrogen-bond acceptors (Lipinski definition) is 5. The van der Waals surface area contributed by atoms with Gasteiger partial charge in [-0.25, -0.2) is 0 Å². The SMILES string of the molecule is CCc1cccc(CC)c1NC(=O)CSc1nnc(-c2ccccc2O)n1Cc1ccccc1. The largest absolute Gasteiger partial charge is 0.507 e. The molecule has 7 heteroatoms. The van der Waals surface area contributed by atoms with E-state index in [0.29, 0.717) is 23.1 Å². The number of anilines is 1. The van der Waals surface area contributed by atoms with Crippen LogP contribution in [0.1, 0.15) is 30.5 Å². The van der Waals surface area contributed by atoms with E-state index in [1.807, 2.05) is 53.1 Å². The van der Waals surface area contributed by atoms with Crippen molar-refractivity contribution in [1.82, 2.24) is 14.8 Å². The lowest BCUT2D eigenvalue weighted by atomic mass is 10.0. The Bertz CT molecular complexity index is 1250. The lowest BCUT2D eigenvalue weighted by Crippen LogP contribution is -2.17. The molecule has 4 rings (SSSR count). The highest BCUT2D eigenvalue weighted by molar-refractivity contribution is 7.99. The molecule has 0 aliphatic rings. The van der Waals surface area contributed by atoms with Crippen LogP contribution in [-0.2, 0) is 24.2 Å². The Morgan fingerprint density at radius 3 is 2.26 bits per heavy atom. The molecular weight excluding hydrogens is 444 g/mol. The smallest absolute Gasteiger partial charge is 0.234 e. The number of carbonyl (C=O) groups excluding carboxylic acids is 1. The van der Waals surface area contributed by atoms with Crippen molar-refractivity contribution in [2.24, 2.45) is 0 Å². The Kier molecular flexibility index (Phi) is 7.65. The van der Waals surface area contributed by atoms with Crippen LogP contribution in [0.2, 0.25) is 0 Å². The molecule has 34 heavy (non-hydrogen) atoms. The zero-order valence-electron chi connectivity index (χ0n) is 19.4. The number of benzene rings is 3. The van der Waals surface area contributed by atoms with Gasteiger partial charge in [-0.2, -0.15) is 0 Å². The van der Waals surface area contributed by atoms with Crippen molar-refractivity contribution < 1.29 is 9.90 Å². The minimum Gasteiger partial charge on any atom is -0.507 e. The van der Waals surface area contributed by atoms with Gasteiger partial charge in [-0.15, -0.1) is 10.2 Å². The third-order valence-electron chi connectivity index (χ3n) is 5.64. The number of hydrogen-bond donors (Lipinski definition) is 2. The van der Waals surface area contributed by atoms with E-state index in [1.54, 1.807) is 12.1 Å². The van der Waals surface area contributed by atoms with Crippen LogP contribution >= 0.6 is 11.8 Å². The number of amides is 1. The van der Waals surface area contributed by atoms with Crippen LogP contribution in [0.4, 0.5) is 5.69 Å². The molecule has 0 bridgehead atoms. The minimum absolute atomic E-state index is 0.0843. The van der Waals surface area contributed by atoms with E-state index in [0.717, 1.165) is 35.2 Å². The molecule has 1 amide bonds. The zero-order chi connectivity index (χ0) is 23.9. The zero-order valence-corrected chi connectivity index (χ0v) is 20.2. The topological polar surface area (TPSA) is 80.0 Å². The number of aryl methyl sites for hydroxylation is 2. The summed E-state index contributed by atoms with van der Waals surface area (Å²) in [4.78, 5) is 12.9. The maximum absolute atomic E-state index is 12.9. The lowest BCUT2D eigenvalue weighted by molar-refractivity contribution is -0.113. The Morgan fingerprint density at radius 1 is 0.912 bits per heavy atom. The molecule has 2 N–H and O–H groups in total. The number of para-hydroxylation sites is 2. The first kappa shape index (κ1) is 23.6. The van der Waals surface area contributed by atoms with Crippen molar-refractivity contribution >= 4 is 23.4 Å². The Labute approximate surface area is 204 Å². The molecule has 0 unspecified atom stereocenters. The molecule has 4 aromatic rings. The van der Waals surface area contributed by atoms with Gasteiger partial charge < -0.3 is 10.4 Å². The molecule has 0 aliphatic carbocycles. The number of carbonyl (C=O) groups is 1. The number of nitrogens with one attached hydrogen (secondary N) is 1. The highest BCUT2D eigenvalue weighted by Gasteiger charge is 2.19. The van der Waals surface area contributed by atoms with Gasteiger partial charge in [0.2, 0.25) is 5.91 Å². The van der Waals surface area contributed by atoms with E-state index < -0.39 is 0 Å². The van der Waals surface area contributed by atoms with Gasteiger partial charge in [0.25, 0.3) is 0 Å². The predicted octanol–water partition coefficient (Wildman–Crippen LogP) is 5.55. The van der Waals surface area contributed by atoms with Crippen molar-refractivity contribution in [3.05, 3.63) is 89.5 Å². The molecule has 0 aliphatic heterocycles. The third kappa shape index (κ3) is 5.31. The van der Waals surface area contributed by atoms with E-state index in [4.69, 9.17) is 0 Å². The number of phenolic OH excluding ortho intramolecular Hbond substituents is 1. The first-order chi connectivity index (χ1) is 16.6. The summed E-state index contributed by atoms with van der Waals surface area (Å²) < 4.78 is 1.94. The number of thioether (sulfide) groups is 1. The summed E-state index contributed by atoms with van der Waals surface area (Å²) in [6.45, 7) is 4.71. The number of aromatic nitrogens is 3. The Balaban J connectivity index is 1.58. The molecule has 3 aromatic carbocycles. The predicted molar refractivity (Wildman–Crippen MR) is 137 cm³/mol. The van der Waals surface area contributed by atoms with Gasteiger partial charge in [-0.05, 0) is 41.7 Å². The summed E-state index contributed by atoms with van der Waals surface area (Å²) in [7, 11) is 0. The van der Waals surface area contributed by atoms with Crippen molar-refractivity contribution in [2.75, 3.05) is 11.1 Å². The average molecular weight is 473 g/mol. The van der Waals surface area contributed by atoms with E-state index in [1.165, 1.54) is 11.8 Å². The fourth-order valence-electron chi connectivity index (χ4n) is 3.87. The van der Waals surface area contributed by atoms with Crippen LogP contribution in [0.15, 0.2) is 78.0 Å². The second-order valence-electron chi connectivity index (χ2n) is 7.89. The normalized spacial score (nSPS) is 10.9. The van der Waals surface area contributed by atoms with Gasteiger partial charge in [0.05, 0.1) is 17.9 Å². The summed E-state index contributed by atoms with van der Waals surface area (Å²) >= 11 is 1.34. The number of phenols is 1. The summed E-state index contributed by atoms with van der Waals surface area (Å²) in [5.74, 6) is 0.824. The molecule has 174 valence electrons. The summed E-state index contributed by atoms with van der Waals surface area (Å²) in [6.07, 6.45) is 1.71. The molecule has 0 atom stereocenters. The van der Waals surface area contributed by atoms with Crippen molar-refractivity contribution in [3.8, 4) is 17.1 Å². The third-order valence-corrected chi connectivity index (χ3v) is 6.61. The van der Waals surface area contributed by atoms with Gasteiger partial charge >= 0.3 is 0 Å². The molecular formula is C27H28N4O2S. The Hall–Kier alpha value is -3.58. The van der Waals surface area contributed by atoms with E-state index >= 15 is 0 Å². The molecule has 6 nitrogen and oxygen atoms in total. The molecule has 0 fully saturated rings. The van der Waals surface area contributed by atoms with E-state index in [2.05, 4.69) is 41.5 Å². The van der Waals surface area contributed by atoms with Crippen LogP contribution < -0.4 is 5.32 Å². The van der Waals surface area contributed by atoms with Gasteiger partial charge in [0.15, 0.2) is 11.0 Å². The number of aromatic hydroxyl groups is 1. The fraction of sp³-hybridized carbons (Fsp3) is 0.222. The first-order valence-corrected chi connectivity index (χ1v) is 12.4. The van der Waals surface area contributed by atoms with Gasteiger partial charge in [0.1, 0.15) is 5.75 Å². The van der Waals surface area contributed by atoms with Crippen LogP contribution in [0.5, 0.6) is 5.75 Å². The van der Waals surface area contributed by atoms with E-state index in [-0.39, 0.29) is 17.4 Å². The van der Waals surface area contributed by atoms with Crippen LogP contribution in [-0.4, -0.2) is 31.5 Å². The highest BCUT2D eigenvalue weighted by Crippen LogP contribution is 2.31. The molecule has 1 heterocycles. The average Bonchev–Trinajstić information content (AvgIpc) is 3.25. The monoisotopic (exact) mass is 472 g/mol. The summed E-state index contributed by atoms with van der Waals surface area (Å²) in [5, 5.41) is 22.8. The molecule has 0 saturated heterocycles. The lowest BCUT2D eigenvalue weighted by Gasteiger charge is -2.14. The first-order valence-electron chi connectivity index (χ1n) is 11.4. The van der Waals surface area contributed by atoms with E-state index in [9.17, 15) is 9.90 Å². The summed E-state index contributed by atoms with van der Waals surface area (Å²) in [5.41, 5.74) is 4.86. The fourth-order valence-corrected chi connectivity index (χ4v) is 4.61. The van der Waals surface area contributed by atoms with Crippen molar-refractivity contribution in [3.63, 3.8) is 0 Å². The van der Waals surface area contributed by atoms with Crippen LogP contribution in [0.3, 0.4) is 0 Å². The van der Waals surface area contributed by atoms with Gasteiger partial charge in [-0.1, -0.05) is 86.3 Å². The maximum Gasteiger partial charge on any atom is 0.234 e. The standard InChI is InChI=1S/C27H28N4O2S/c1-3-20-13-10-14-21(4-2)25(20)28-24(33)18-34-27-30-29-26(22-15-8-9-16-23(22)32)31(27)17-19-11-6-5-7-12-19/h5-16,32H,3-4,17-18H2,1-2H3,(H,28,33). The minimum atomic E-state index is -0.0843. The number of rotatable bonds is 9. The second-order valence-corrected chi connectivity index (χ2v) is 8.83. The molecule has 0 saturated carbocycles. The molecule has 0 spiro atoms. The summed E-state index contributed by atoms with van der Waals surface area (Å²) in [6, 6.07) is 23.2. The van der Waals surface area contributed by atoms with Crippen LogP contribution in [0, 0.1) is 0 Å². The molecule has 1 aromatic heterocycles. The highest BCUT2D eigenvalue weighted by atomic mass is 32.2.